The van der Waals surface area contributed by atoms with E-state index in [4.69, 9.17) is 18.8 Å². The molecular formula is C46H36N4O2. The van der Waals surface area contributed by atoms with Crippen LogP contribution in [0, 0.1) is 23.7 Å². The fraction of sp³-hybridized carbons (Fsp3) is 0.391. The second kappa shape index (κ2) is 8.20. The molecule has 8 aliphatic rings. The van der Waals surface area contributed by atoms with Crippen LogP contribution in [0.3, 0.4) is 0 Å². The lowest BCUT2D eigenvalue weighted by Gasteiger charge is -2.38. The molecule has 3 aromatic carbocycles. The molecule has 7 aromatic heterocycles. The van der Waals surface area contributed by atoms with Crippen LogP contribution in [0.25, 0.3) is 87.7 Å². The highest BCUT2D eigenvalue weighted by Gasteiger charge is 2.47. The number of hydrogen-bond donors (Lipinski definition) is 0. The zero-order chi connectivity index (χ0) is 32.9. The van der Waals surface area contributed by atoms with E-state index in [0.717, 1.165) is 62.6 Å². The van der Waals surface area contributed by atoms with E-state index in [1.165, 1.54) is 124 Å². The number of nitrogens with zero attached hydrogens (tertiary/aromatic N) is 4. The molecule has 0 N–H and O–H groups in total. The summed E-state index contributed by atoms with van der Waals surface area (Å²) in [6, 6.07) is 13.2. The number of para-hydroxylation sites is 2. The van der Waals surface area contributed by atoms with Crippen molar-refractivity contribution >= 4 is 87.7 Å². The Bertz CT molecular complexity index is 3040. The quantitative estimate of drug-likeness (QED) is 0.118. The van der Waals surface area contributed by atoms with Crippen LogP contribution < -0.4 is 0 Å². The minimum Gasteiger partial charge on any atom is -0.452 e. The molecule has 4 atom stereocenters. The highest BCUT2D eigenvalue weighted by Crippen LogP contribution is 2.61. The first-order chi connectivity index (χ1) is 25.7. The molecule has 6 nitrogen and oxygen atoms in total. The average molecular weight is 677 g/mol. The molecule has 8 bridgehead atoms. The van der Waals surface area contributed by atoms with Crippen LogP contribution in [0.15, 0.2) is 57.6 Å². The van der Waals surface area contributed by atoms with Crippen LogP contribution in [0.5, 0.6) is 0 Å². The number of hydrogen-bond acceptors (Lipinski definition) is 4. The van der Waals surface area contributed by atoms with Gasteiger partial charge in [0.25, 0.3) is 0 Å². The van der Waals surface area contributed by atoms with Gasteiger partial charge in [-0.1, -0.05) is 24.3 Å². The summed E-state index contributed by atoms with van der Waals surface area (Å²) in [7, 11) is 0. The van der Waals surface area contributed by atoms with E-state index in [-0.39, 0.29) is 0 Å². The van der Waals surface area contributed by atoms with Crippen molar-refractivity contribution in [2.75, 3.05) is 0 Å². The zero-order valence-electron chi connectivity index (χ0n) is 28.9. The third kappa shape index (κ3) is 2.68. The van der Waals surface area contributed by atoms with Crippen molar-refractivity contribution in [2.45, 2.75) is 87.9 Å². The van der Waals surface area contributed by atoms with Gasteiger partial charge in [-0.15, -0.1) is 0 Å². The topological polar surface area (TPSA) is 60.9 Å². The number of fused-ring (bicyclic) bond motifs is 9. The maximum atomic E-state index is 7.34. The summed E-state index contributed by atoms with van der Waals surface area (Å²) in [4.78, 5) is 11.0. The van der Waals surface area contributed by atoms with Crippen molar-refractivity contribution in [1.82, 2.24) is 18.8 Å². The highest BCUT2D eigenvalue weighted by atomic mass is 16.3. The molecule has 0 radical (unpaired) electrons. The lowest BCUT2D eigenvalue weighted by molar-refractivity contribution is 0.165. The van der Waals surface area contributed by atoms with Crippen molar-refractivity contribution in [3.05, 3.63) is 71.3 Å². The highest BCUT2D eigenvalue weighted by molar-refractivity contribution is 6.37. The monoisotopic (exact) mass is 676 g/mol. The normalized spacial score (nSPS) is 30.7. The van der Waals surface area contributed by atoms with Gasteiger partial charge >= 0.3 is 0 Å². The van der Waals surface area contributed by atoms with E-state index in [1.807, 2.05) is 0 Å². The van der Waals surface area contributed by atoms with Gasteiger partial charge in [0.1, 0.15) is 5.52 Å². The van der Waals surface area contributed by atoms with E-state index >= 15 is 0 Å². The van der Waals surface area contributed by atoms with Crippen molar-refractivity contribution in [3.63, 3.8) is 0 Å². The van der Waals surface area contributed by atoms with Gasteiger partial charge in [0, 0.05) is 44.8 Å². The Morgan fingerprint density at radius 2 is 0.923 bits per heavy atom. The summed E-state index contributed by atoms with van der Waals surface area (Å²) in [6.45, 7) is 0. The van der Waals surface area contributed by atoms with E-state index in [0.29, 0.717) is 23.7 Å². The SMILES string of the molecule is c1cc2oc3c4c5c6c(ncc5n5c7cnc8c(c7c(c7oc9cccc%10c(c1)c2n(c9%10)c37)c45)C1CC2CC(CC8C2)C1)C1CC2CC(C1)CC6C2. The summed E-state index contributed by atoms with van der Waals surface area (Å²) in [5.74, 6) is 5.57. The molecule has 7 heterocycles. The first-order valence-corrected chi connectivity index (χ1v) is 20.3. The molecule has 252 valence electrons. The third-order valence-corrected chi connectivity index (χ3v) is 16.1. The first-order valence-electron chi connectivity index (χ1n) is 20.3. The third-order valence-electron chi connectivity index (χ3n) is 16.1. The summed E-state index contributed by atoms with van der Waals surface area (Å²) >= 11 is 0. The molecule has 4 unspecified atom stereocenters. The molecule has 18 rings (SSSR count). The predicted molar refractivity (Wildman–Crippen MR) is 204 cm³/mol. The molecule has 0 aliphatic heterocycles. The van der Waals surface area contributed by atoms with Crippen LogP contribution in [0.4, 0.5) is 0 Å². The van der Waals surface area contributed by atoms with Gasteiger partial charge < -0.3 is 13.2 Å². The van der Waals surface area contributed by atoms with Gasteiger partial charge in [-0.3, -0.25) is 14.4 Å². The number of pyridine rings is 2. The molecule has 8 aliphatic carbocycles. The maximum absolute atomic E-state index is 7.34. The van der Waals surface area contributed by atoms with Crippen LogP contribution in [0.2, 0.25) is 0 Å². The Kier molecular flexibility index (Phi) is 4.10. The fourth-order valence-electron chi connectivity index (χ4n) is 14.8. The minimum atomic E-state index is 0.557. The van der Waals surface area contributed by atoms with Gasteiger partial charge in [0.2, 0.25) is 0 Å². The van der Waals surface area contributed by atoms with E-state index in [2.05, 4.69) is 57.6 Å². The van der Waals surface area contributed by atoms with Crippen LogP contribution in [0.1, 0.15) is 110 Å². The van der Waals surface area contributed by atoms with Crippen LogP contribution in [-0.4, -0.2) is 18.8 Å². The van der Waals surface area contributed by atoms with Crippen molar-refractivity contribution in [2.24, 2.45) is 23.7 Å². The fourth-order valence-corrected chi connectivity index (χ4v) is 14.8. The Morgan fingerprint density at radius 1 is 0.462 bits per heavy atom. The van der Waals surface area contributed by atoms with E-state index in [1.54, 1.807) is 11.1 Å². The first kappa shape index (κ1) is 26.0. The average Bonchev–Trinajstić information content (AvgIpc) is 3.71. The molecule has 6 heteroatoms. The second-order valence-corrected chi connectivity index (χ2v) is 18.5. The number of rotatable bonds is 0. The standard InChI is InChI=1S/C46H36N4O2/c1-3-27-28-4-2-6-32-42(28)50-41(27)31(5-1)51-45-37-35-29(17-47-39-25-13-19-7-20(14-25)10-23(9-19)33(35)39)49-30-18-48-40-26-15-21-8-22(16-26)12-24(11-21)34(40)36(30)38(43(37)49)46(52-32)44(45)50/h1-6,17-26H,7-16H2. The van der Waals surface area contributed by atoms with Crippen molar-refractivity contribution in [3.8, 4) is 0 Å². The molecule has 4 saturated carbocycles. The van der Waals surface area contributed by atoms with Gasteiger partial charge in [0.15, 0.2) is 22.3 Å². The van der Waals surface area contributed by atoms with Gasteiger partial charge in [0.05, 0.1) is 50.7 Å². The van der Waals surface area contributed by atoms with Gasteiger partial charge in [-0.25, -0.2) is 0 Å². The number of aromatic nitrogens is 4. The molecule has 52 heavy (non-hydrogen) atoms. The Hall–Kier alpha value is -4.84. The maximum Gasteiger partial charge on any atom is 0.165 e. The molecule has 4 fully saturated rings. The second-order valence-electron chi connectivity index (χ2n) is 18.5. The van der Waals surface area contributed by atoms with Crippen molar-refractivity contribution in [1.29, 1.82) is 0 Å². The number of benzene rings is 3. The van der Waals surface area contributed by atoms with Gasteiger partial charge in [-0.05, 0) is 123 Å². The smallest absolute Gasteiger partial charge is 0.165 e. The largest absolute Gasteiger partial charge is 0.452 e. The summed E-state index contributed by atoms with van der Waals surface area (Å²) in [5, 5.41) is 7.81. The molecular weight excluding hydrogens is 641 g/mol. The zero-order valence-corrected chi connectivity index (χ0v) is 28.9. The predicted octanol–water partition coefficient (Wildman–Crippen LogP) is 11.9. The summed E-state index contributed by atoms with van der Waals surface area (Å²) < 4.78 is 19.8. The molecule has 0 spiro atoms. The minimum absolute atomic E-state index is 0.557. The van der Waals surface area contributed by atoms with Crippen LogP contribution in [-0.2, 0) is 0 Å². The van der Waals surface area contributed by atoms with Crippen molar-refractivity contribution < 1.29 is 8.83 Å². The summed E-state index contributed by atoms with van der Waals surface area (Å²) in [6.07, 6.45) is 17.8. The van der Waals surface area contributed by atoms with E-state index in [9.17, 15) is 0 Å². The lowest BCUT2D eigenvalue weighted by atomic mass is 9.67. The summed E-state index contributed by atoms with van der Waals surface area (Å²) in [5.41, 5.74) is 16.8. The van der Waals surface area contributed by atoms with Crippen LogP contribution >= 0.6 is 0 Å². The molecule has 0 saturated heterocycles. The van der Waals surface area contributed by atoms with E-state index < -0.39 is 0 Å². The molecule has 10 aromatic rings. The van der Waals surface area contributed by atoms with Gasteiger partial charge in [-0.2, -0.15) is 0 Å². The Labute approximate surface area is 297 Å². The lowest BCUT2D eigenvalue weighted by Crippen LogP contribution is -2.25. The Balaban J connectivity index is 1.21. The molecule has 0 amide bonds. The Morgan fingerprint density at radius 3 is 1.40 bits per heavy atom.